The van der Waals surface area contributed by atoms with Crippen molar-refractivity contribution in [2.45, 2.75) is 6.42 Å². The van der Waals surface area contributed by atoms with Crippen LogP contribution in [-0.4, -0.2) is 22.0 Å². The molecule has 0 saturated heterocycles. The highest BCUT2D eigenvalue weighted by atomic mass is 16.4. The molecular formula is C9H9NO3. The van der Waals surface area contributed by atoms with E-state index in [1.807, 2.05) is 6.07 Å². The van der Waals surface area contributed by atoms with Crippen molar-refractivity contribution in [3.05, 3.63) is 35.9 Å². The molecule has 4 nitrogen and oxygen atoms in total. The van der Waals surface area contributed by atoms with E-state index in [0.717, 1.165) is 5.56 Å². The number of hydrogen-bond acceptors (Lipinski definition) is 3. The first kappa shape index (κ1) is 9.25. The molecule has 0 aromatic heterocycles. The lowest BCUT2D eigenvalue weighted by Gasteiger charge is -1.98. The van der Waals surface area contributed by atoms with Crippen LogP contribution in [0.2, 0.25) is 0 Å². The highest BCUT2D eigenvalue weighted by Crippen LogP contribution is 2.00. The number of nitrogens with zero attached hydrogens (tertiary/aromatic N) is 1. The van der Waals surface area contributed by atoms with Gasteiger partial charge < -0.3 is 10.3 Å². The Morgan fingerprint density at radius 1 is 1.31 bits per heavy atom. The number of aliphatic carboxylic acids is 1. The van der Waals surface area contributed by atoms with Crippen LogP contribution in [0.1, 0.15) is 5.56 Å². The van der Waals surface area contributed by atoms with Gasteiger partial charge in [-0.1, -0.05) is 35.5 Å². The average molecular weight is 179 g/mol. The summed E-state index contributed by atoms with van der Waals surface area (Å²) in [6.07, 6.45) is 0.132. The maximum Gasteiger partial charge on any atom is 0.354 e. The summed E-state index contributed by atoms with van der Waals surface area (Å²) in [4.78, 5) is 10.4. The summed E-state index contributed by atoms with van der Waals surface area (Å²) in [5, 5.41) is 19.6. The van der Waals surface area contributed by atoms with Gasteiger partial charge in [0.15, 0.2) is 5.71 Å². The van der Waals surface area contributed by atoms with Gasteiger partial charge in [-0.25, -0.2) is 4.79 Å². The van der Waals surface area contributed by atoms with Crippen molar-refractivity contribution < 1.29 is 15.1 Å². The zero-order valence-electron chi connectivity index (χ0n) is 6.84. The van der Waals surface area contributed by atoms with Crippen LogP contribution in [0.5, 0.6) is 0 Å². The normalized spacial score (nSPS) is 11.2. The van der Waals surface area contributed by atoms with Gasteiger partial charge in [0.1, 0.15) is 0 Å². The molecule has 13 heavy (non-hydrogen) atoms. The Kier molecular flexibility index (Phi) is 3.03. The molecule has 0 aliphatic heterocycles. The predicted molar refractivity (Wildman–Crippen MR) is 47.0 cm³/mol. The van der Waals surface area contributed by atoms with Gasteiger partial charge in [0.05, 0.1) is 0 Å². The van der Waals surface area contributed by atoms with Gasteiger partial charge in [-0.3, -0.25) is 0 Å². The van der Waals surface area contributed by atoms with E-state index in [-0.39, 0.29) is 12.1 Å². The van der Waals surface area contributed by atoms with Crippen LogP contribution in [0.15, 0.2) is 35.5 Å². The van der Waals surface area contributed by atoms with E-state index in [1.165, 1.54) is 0 Å². The van der Waals surface area contributed by atoms with Crippen molar-refractivity contribution in [1.82, 2.24) is 0 Å². The zero-order valence-corrected chi connectivity index (χ0v) is 6.84. The Morgan fingerprint density at radius 2 is 1.92 bits per heavy atom. The number of rotatable bonds is 3. The summed E-state index contributed by atoms with van der Waals surface area (Å²) >= 11 is 0. The average Bonchev–Trinajstić information content (AvgIpc) is 2.15. The fourth-order valence-corrected chi connectivity index (χ4v) is 0.943. The van der Waals surface area contributed by atoms with Gasteiger partial charge in [0.2, 0.25) is 0 Å². The van der Waals surface area contributed by atoms with Crippen molar-refractivity contribution >= 4 is 11.7 Å². The maximum absolute atomic E-state index is 10.4. The Labute approximate surface area is 75.1 Å². The number of oxime groups is 1. The monoisotopic (exact) mass is 179 g/mol. The number of hydrogen-bond donors (Lipinski definition) is 2. The van der Waals surface area contributed by atoms with Gasteiger partial charge in [-0.05, 0) is 5.56 Å². The number of carbonyl (C=O) groups is 1. The van der Waals surface area contributed by atoms with Gasteiger partial charge >= 0.3 is 5.97 Å². The smallest absolute Gasteiger partial charge is 0.354 e. The van der Waals surface area contributed by atoms with Gasteiger partial charge in [0.25, 0.3) is 0 Å². The Morgan fingerprint density at radius 3 is 2.38 bits per heavy atom. The minimum Gasteiger partial charge on any atom is -0.477 e. The molecular weight excluding hydrogens is 170 g/mol. The Balaban J connectivity index is 2.74. The molecule has 0 radical (unpaired) electrons. The maximum atomic E-state index is 10.4. The van der Waals surface area contributed by atoms with E-state index in [4.69, 9.17) is 10.3 Å². The minimum atomic E-state index is -1.20. The SMILES string of the molecule is O=C(O)/C(Cc1ccccc1)=N\O. The van der Waals surface area contributed by atoms with E-state index < -0.39 is 5.97 Å². The first-order valence-corrected chi connectivity index (χ1v) is 3.72. The lowest BCUT2D eigenvalue weighted by Crippen LogP contribution is -2.15. The van der Waals surface area contributed by atoms with Crippen LogP contribution in [0.25, 0.3) is 0 Å². The third-order valence-corrected chi connectivity index (χ3v) is 1.58. The molecule has 0 saturated carbocycles. The molecule has 0 spiro atoms. The molecule has 1 aromatic rings. The molecule has 0 fully saturated rings. The number of carboxylic acids is 1. The van der Waals surface area contributed by atoms with Crippen molar-refractivity contribution in [2.75, 3.05) is 0 Å². The van der Waals surface area contributed by atoms with Gasteiger partial charge in [0, 0.05) is 6.42 Å². The highest BCUT2D eigenvalue weighted by Gasteiger charge is 2.09. The molecule has 0 aliphatic carbocycles. The van der Waals surface area contributed by atoms with Crippen LogP contribution >= 0.6 is 0 Å². The van der Waals surface area contributed by atoms with Crippen LogP contribution in [0.3, 0.4) is 0 Å². The molecule has 2 N–H and O–H groups in total. The summed E-state index contributed by atoms with van der Waals surface area (Å²) in [5.41, 5.74) is 0.545. The summed E-state index contributed by atoms with van der Waals surface area (Å²) in [7, 11) is 0. The fraction of sp³-hybridized carbons (Fsp3) is 0.111. The van der Waals surface area contributed by atoms with E-state index in [2.05, 4.69) is 5.16 Å². The lowest BCUT2D eigenvalue weighted by molar-refractivity contribution is -0.129. The molecule has 1 aromatic carbocycles. The summed E-state index contributed by atoms with van der Waals surface area (Å²) in [6.45, 7) is 0. The number of benzene rings is 1. The standard InChI is InChI=1S/C9H9NO3/c11-9(12)8(10-13)6-7-4-2-1-3-5-7/h1-5,13H,6H2,(H,11,12)/b10-8-. The largest absolute Gasteiger partial charge is 0.477 e. The van der Waals surface area contributed by atoms with E-state index in [0.29, 0.717) is 0 Å². The first-order chi connectivity index (χ1) is 6.24. The minimum absolute atomic E-state index is 0.132. The summed E-state index contributed by atoms with van der Waals surface area (Å²) in [5.74, 6) is -1.20. The lowest BCUT2D eigenvalue weighted by atomic mass is 10.1. The third-order valence-electron chi connectivity index (χ3n) is 1.58. The Bertz CT molecular complexity index is 319. The van der Waals surface area contributed by atoms with E-state index in [1.54, 1.807) is 24.3 Å². The highest BCUT2D eigenvalue weighted by molar-refractivity contribution is 6.35. The molecule has 0 amide bonds. The van der Waals surface area contributed by atoms with E-state index in [9.17, 15) is 4.79 Å². The van der Waals surface area contributed by atoms with Crippen LogP contribution < -0.4 is 0 Å². The summed E-state index contributed by atoms with van der Waals surface area (Å²) < 4.78 is 0. The molecule has 68 valence electrons. The van der Waals surface area contributed by atoms with Crippen LogP contribution in [-0.2, 0) is 11.2 Å². The molecule has 0 unspecified atom stereocenters. The van der Waals surface area contributed by atoms with Crippen molar-refractivity contribution in [1.29, 1.82) is 0 Å². The Hall–Kier alpha value is -1.84. The molecule has 0 atom stereocenters. The molecule has 4 heteroatoms. The van der Waals surface area contributed by atoms with Gasteiger partial charge in [-0.15, -0.1) is 0 Å². The van der Waals surface area contributed by atoms with Crippen LogP contribution in [0.4, 0.5) is 0 Å². The second-order valence-electron chi connectivity index (χ2n) is 2.51. The van der Waals surface area contributed by atoms with Gasteiger partial charge in [-0.2, -0.15) is 0 Å². The van der Waals surface area contributed by atoms with Crippen molar-refractivity contribution in [3.8, 4) is 0 Å². The zero-order chi connectivity index (χ0) is 9.68. The molecule has 0 bridgehead atoms. The second-order valence-corrected chi connectivity index (χ2v) is 2.51. The van der Waals surface area contributed by atoms with Crippen LogP contribution in [0, 0.1) is 0 Å². The molecule has 0 heterocycles. The summed E-state index contributed by atoms with van der Waals surface area (Å²) in [6, 6.07) is 8.97. The number of carboxylic acid groups (broad SMARTS) is 1. The first-order valence-electron chi connectivity index (χ1n) is 3.72. The van der Waals surface area contributed by atoms with E-state index >= 15 is 0 Å². The second kappa shape index (κ2) is 4.25. The third kappa shape index (κ3) is 2.59. The fourth-order valence-electron chi connectivity index (χ4n) is 0.943. The molecule has 0 aliphatic rings. The molecule has 1 rings (SSSR count). The topological polar surface area (TPSA) is 69.9 Å². The van der Waals surface area contributed by atoms with Crippen molar-refractivity contribution in [2.24, 2.45) is 5.16 Å². The quantitative estimate of drug-likeness (QED) is 0.415. The van der Waals surface area contributed by atoms with Crippen molar-refractivity contribution in [3.63, 3.8) is 0 Å². The predicted octanol–water partition coefficient (Wildman–Crippen LogP) is 1.14.